The molecule has 0 saturated heterocycles. The second kappa shape index (κ2) is 4.73. The fraction of sp³-hybridized carbons (Fsp3) is 0.500. The molecule has 1 aliphatic rings. The maximum absolute atomic E-state index is 12.0. The van der Waals surface area contributed by atoms with Crippen LogP contribution in [0.3, 0.4) is 0 Å². The molecular weight excluding hydrogens is 320 g/mol. The minimum atomic E-state index is -3.89. The van der Waals surface area contributed by atoms with Gasteiger partial charge in [0.2, 0.25) is 10.0 Å². The maximum Gasteiger partial charge on any atom is 0.247 e. The van der Waals surface area contributed by atoms with Crippen LogP contribution in [-0.4, -0.2) is 22.1 Å². The summed E-state index contributed by atoms with van der Waals surface area (Å²) in [4.78, 5) is 0. The number of halogens is 1. The number of sulfone groups is 1. The van der Waals surface area contributed by atoms with Crippen LogP contribution in [0.5, 0.6) is 0 Å². The molecule has 0 fully saturated rings. The molecule has 2 unspecified atom stereocenters. The molecule has 2 atom stereocenters. The van der Waals surface area contributed by atoms with Gasteiger partial charge < -0.3 is 5.73 Å². The summed E-state index contributed by atoms with van der Waals surface area (Å²) in [6.45, 7) is 1.56. The molecule has 2 heterocycles. The molecule has 18 heavy (non-hydrogen) atoms. The summed E-state index contributed by atoms with van der Waals surface area (Å²) in [5, 5.41) is 4.38. The van der Waals surface area contributed by atoms with Crippen molar-refractivity contribution in [1.29, 1.82) is 0 Å². The van der Waals surface area contributed by atoms with E-state index < -0.39 is 31.2 Å². The van der Waals surface area contributed by atoms with Crippen LogP contribution in [0, 0.1) is 0 Å². The average molecular weight is 333 g/mol. The van der Waals surface area contributed by atoms with E-state index in [1.807, 2.05) is 0 Å². The lowest BCUT2D eigenvalue weighted by Gasteiger charge is -2.23. The summed E-state index contributed by atoms with van der Waals surface area (Å²) >= 11 is 0.676. The van der Waals surface area contributed by atoms with Crippen molar-refractivity contribution in [2.24, 2.45) is 10.9 Å². The molecule has 2 rings (SSSR count). The van der Waals surface area contributed by atoms with Crippen LogP contribution in [0.15, 0.2) is 14.5 Å². The summed E-state index contributed by atoms with van der Waals surface area (Å²) in [6.07, 6.45) is 0.288. The van der Waals surface area contributed by atoms with Crippen molar-refractivity contribution in [3.05, 3.63) is 11.6 Å². The fourth-order valence-electron chi connectivity index (χ4n) is 1.78. The minimum absolute atomic E-state index is 0. The number of thiophene rings is 1. The standard InChI is InChI=1S/C8H12N2O4S3.ClH/c1-4-2-6(9)5-3-7(17(10,13)14)15-8(5)16(4,11)12;/h3-4,6H,2,9H2,1H3,(H2,10,13,14);1H. The van der Waals surface area contributed by atoms with Crippen LogP contribution >= 0.6 is 23.7 Å². The molecule has 1 aliphatic heterocycles. The number of fused-ring (bicyclic) bond motifs is 1. The van der Waals surface area contributed by atoms with Gasteiger partial charge in [-0.15, -0.1) is 23.7 Å². The monoisotopic (exact) mass is 332 g/mol. The molecule has 0 amide bonds. The molecular formula is C8H13ClN2O4S3. The second-order valence-electron chi connectivity index (χ2n) is 4.05. The fourth-order valence-corrected chi connectivity index (χ4v) is 6.23. The Balaban J connectivity index is 0.00000162. The van der Waals surface area contributed by atoms with E-state index in [1.165, 1.54) is 6.07 Å². The third kappa shape index (κ3) is 2.43. The van der Waals surface area contributed by atoms with Crippen LogP contribution in [-0.2, 0) is 19.9 Å². The Bertz CT molecular complexity index is 665. The first kappa shape index (κ1) is 15.9. The van der Waals surface area contributed by atoms with E-state index in [0.29, 0.717) is 16.9 Å². The maximum atomic E-state index is 12.0. The molecule has 0 aliphatic carbocycles. The van der Waals surface area contributed by atoms with Crippen molar-refractivity contribution in [3.63, 3.8) is 0 Å². The summed E-state index contributed by atoms with van der Waals surface area (Å²) in [5.41, 5.74) is 6.18. The molecule has 0 spiro atoms. The number of hydrogen-bond acceptors (Lipinski definition) is 6. The van der Waals surface area contributed by atoms with Crippen molar-refractivity contribution in [2.45, 2.75) is 33.1 Å². The van der Waals surface area contributed by atoms with Gasteiger partial charge in [-0.1, -0.05) is 0 Å². The van der Waals surface area contributed by atoms with E-state index in [9.17, 15) is 16.8 Å². The number of hydrogen-bond donors (Lipinski definition) is 2. The van der Waals surface area contributed by atoms with Crippen LogP contribution < -0.4 is 10.9 Å². The highest BCUT2D eigenvalue weighted by Gasteiger charge is 2.37. The summed E-state index contributed by atoms with van der Waals surface area (Å²) < 4.78 is 46.3. The zero-order valence-electron chi connectivity index (χ0n) is 9.36. The predicted octanol–water partition coefficient (Wildman–Crippen LogP) is 0.383. The van der Waals surface area contributed by atoms with E-state index in [2.05, 4.69) is 0 Å². The van der Waals surface area contributed by atoms with Gasteiger partial charge in [-0.2, -0.15) is 0 Å². The Morgan fingerprint density at radius 1 is 1.44 bits per heavy atom. The summed E-state index contributed by atoms with van der Waals surface area (Å²) in [7, 11) is -7.36. The van der Waals surface area contributed by atoms with Gasteiger partial charge >= 0.3 is 0 Å². The highest BCUT2D eigenvalue weighted by Crippen LogP contribution is 2.41. The van der Waals surface area contributed by atoms with Crippen molar-refractivity contribution in [3.8, 4) is 0 Å². The van der Waals surface area contributed by atoms with Gasteiger partial charge in [0.1, 0.15) is 8.42 Å². The number of nitrogens with two attached hydrogens (primary N) is 2. The molecule has 0 aromatic carbocycles. The number of sulfonamides is 1. The highest BCUT2D eigenvalue weighted by molar-refractivity contribution is 7.95. The molecule has 10 heteroatoms. The minimum Gasteiger partial charge on any atom is -0.324 e. The Kier molecular flexibility index (Phi) is 4.17. The zero-order valence-corrected chi connectivity index (χ0v) is 12.6. The van der Waals surface area contributed by atoms with Crippen LogP contribution in [0.25, 0.3) is 0 Å². The van der Waals surface area contributed by atoms with E-state index in [4.69, 9.17) is 10.9 Å². The van der Waals surface area contributed by atoms with Crippen LogP contribution in [0.1, 0.15) is 24.9 Å². The third-order valence-corrected chi connectivity index (χ3v) is 8.07. The van der Waals surface area contributed by atoms with Crippen molar-refractivity contribution < 1.29 is 16.8 Å². The molecule has 0 radical (unpaired) electrons. The molecule has 4 N–H and O–H groups in total. The van der Waals surface area contributed by atoms with E-state index >= 15 is 0 Å². The Morgan fingerprint density at radius 2 is 2.00 bits per heavy atom. The van der Waals surface area contributed by atoms with Gasteiger partial charge in [-0.05, 0) is 25.0 Å². The highest BCUT2D eigenvalue weighted by atomic mass is 35.5. The molecule has 0 bridgehead atoms. The van der Waals surface area contributed by atoms with Crippen molar-refractivity contribution in [1.82, 2.24) is 0 Å². The smallest absolute Gasteiger partial charge is 0.247 e. The van der Waals surface area contributed by atoms with Gasteiger partial charge in [0.25, 0.3) is 0 Å². The van der Waals surface area contributed by atoms with Gasteiger partial charge in [0.05, 0.1) is 5.25 Å². The van der Waals surface area contributed by atoms with Gasteiger partial charge in [0.15, 0.2) is 9.84 Å². The topological polar surface area (TPSA) is 120 Å². The van der Waals surface area contributed by atoms with Gasteiger partial charge in [-0.25, -0.2) is 22.0 Å². The zero-order chi connectivity index (χ0) is 13.0. The lowest BCUT2D eigenvalue weighted by atomic mass is 10.1. The van der Waals surface area contributed by atoms with E-state index in [-0.39, 0.29) is 27.2 Å². The molecule has 104 valence electrons. The summed E-state index contributed by atoms with van der Waals surface area (Å²) in [6, 6.07) is 0.805. The van der Waals surface area contributed by atoms with Crippen LogP contribution in [0.4, 0.5) is 0 Å². The number of rotatable bonds is 1. The first-order valence-electron chi connectivity index (χ1n) is 4.80. The lowest BCUT2D eigenvalue weighted by molar-refractivity contribution is 0.542. The normalized spacial score (nSPS) is 26.2. The Hall–Kier alpha value is -0.190. The van der Waals surface area contributed by atoms with Gasteiger partial charge in [-0.3, -0.25) is 0 Å². The Labute approximate surface area is 116 Å². The molecule has 1 aromatic heterocycles. The third-order valence-electron chi connectivity index (χ3n) is 2.76. The first-order valence-corrected chi connectivity index (χ1v) is 8.71. The quantitative estimate of drug-likeness (QED) is 0.770. The lowest BCUT2D eigenvalue weighted by Crippen LogP contribution is -2.29. The van der Waals surface area contributed by atoms with Crippen molar-refractivity contribution in [2.75, 3.05) is 0 Å². The second-order valence-corrected chi connectivity index (χ2v) is 9.45. The molecule has 1 aromatic rings. The van der Waals surface area contributed by atoms with E-state index in [0.717, 1.165) is 0 Å². The SMILES string of the molecule is CC1CC(N)c2cc(S(N)(=O)=O)sc2S1(=O)=O.Cl. The first-order chi connectivity index (χ1) is 7.64. The van der Waals surface area contributed by atoms with Gasteiger partial charge in [0, 0.05) is 6.04 Å². The number of primary sulfonamides is 1. The average Bonchev–Trinajstić information content (AvgIpc) is 2.59. The van der Waals surface area contributed by atoms with E-state index in [1.54, 1.807) is 6.92 Å². The molecule has 0 saturated carbocycles. The Morgan fingerprint density at radius 3 is 2.50 bits per heavy atom. The predicted molar refractivity (Wildman–Crippen MR) is 71.1 cm³/mol. The largest absolute Gasteiger partial charge is 0.324 e. The van der Waals surface area contributed by atoms with Crippen LogP contribution in [0.2, 0.25) is 0 Å². The summed E-state index contributed by atoms with van der Waals surface area (Å²) in [5.74, 6) is 0. The van der Waals surface area contributed by atoms with Crippen molar-refractivity contribution >= 4 is 43.6 Å². The molecule has 6 nitrogen and oxygen atoms in total.